The first kappa shape index (κ1) is 21.1. The SMILES string of the molecule is Cc1n(Cc2ccccc2[Se][Se]c2ccccc2Cn2cc[n+](C)c2C)cc[n+]1C. The van der Waals surface area contributed by atoms with Gasteiger partial charge >= 0.3 is 191 Å². The molecule has 0 aliphatic carbocycles. The van der Waals surface area contributed by atoms with Crippen LogP contribution in [-0.4, -0.2) is 35.4 Å². The van der Waals surface area contributed by atoms with Crippen LogP contribution in [0.4, 0.5) is 0 Å². The van der Waals surface area contributed by atoms with Crippen LogP contribution in [0.15, 0.2) is 73.3 Å². The molecule has 30 heavy (non-hydrogen) atoms. The Labute approximate surface area is 190 Å². The predicted octanol–water partition coefficient (Wildman–Crippen LogP) is 0.926. The summed E-state index contributed by atoms with van der Waals surface area (Å²) in [7, 11) is 4.21. The molecule has 0 saturated heterocycles. The summed E-state index contributed by atoms with van der Waals surface area (Å²) < 4.78 is 12.1. The van der Waals surface area contributed by atoms with E-state index in [0.717, 1.165) is 13.1 Å². The van der Waals surface area contributed by atoms with Gasteiger partial charge in [-0.25, -0.2) is 0 Å². The van der Waals surface area contributed by atoms with Gasteiger partial charge in [0.1, 0.15) is 0 Å². The molecular formula is C24H28N4Se2+2. The molecule has 0 N–H and O–H groups in total. The zero-order valence-electron chi connectivity index (χ0n) is 17.9. The van der Waals surface area contributed by atoms with Crippen molar-refractivity contribution in [3.63, 3.8) is 0 Å². The van der Waals surface area contributed by atoms with Crippen molar-refractivity contribution in [2.75, 3.05) is 0 Å². The van der Waals surface area contributed by atoms with Crippen LogP contribution in [-0.2, 0) is 27.2 Å². The van der Waals surface area contributed by atoms with Gasteiger partial charge in [0.15, 0.2) is 0 Å². The van der Waals surface area contributed by atoms with Gasteiger partial charge in [0.25, 0.3) is 0 Å². The van der Waals surface area contributed by atoms with Gasteiger partial charge in [-0.1, -0.05) is 0 Å². The second kappa shape index (κ2) is 9.36. The summed E-state index contributed by atoms with van der Waals surface area (Å²) in [6.07, 6.45) is 8.62. The number of hydrogen-bond acceptors (Lipinski definition) is 0. The number of nitrogens with zero attached hydrogens (tertiary/aromatic N) is 4. The Morgan fingerprint density at radius 3 is 1.43 bits per heavy atom. The Balaban J connectivity index is 1.52. The first-order valence-electron chi connectivity index (χ1n) is 10.1. The topological polar surface area (TPSA) is 17.6 Å². The molecule has 4 nitrogen and oxygen atoms in total. The molecule has 0 aliphatic rings. The van der Waals surface area contributed by atoms with Crippen molar-refractivity contribution in [3.8, 4) is 0 Å². The summed E-state index contributed by atoms with van der Waals surface area (Å²) in [5.74, 6) is 2.56. The Morgan fingerprint density at radius 2 is 1.07 bits per heavy atom. The van der Waals surface area contributed by atoms with Gasteiger partial charge in [0.05, 0.1) is 0 Å². The van der Waals surface area contributed by atoms with E-state index in [-0.39, 0.29) is 0 Å². The number of benzene rings is 2. The molecule has 6 heteroatoms. The minimum atomic E-state index is 0.458. The van der Waals surface area contributed by atoms with Crippen LogP contribution >= 0.6 is 0 Å². The van der Waals surface area contributed by atoms with Crippen LogP contribution in [0, 0.1) is 13.8 Å². The van der Waals surface area contributed by atoms with E-state index < -0.39 is 0 Å². The van der Waals surface area contributed by atoms with Crippen molar-refractivity contribution in [3.05, 3.63) is 96.1 Å². The normalized spacial score (nSPS) is 11.2. The number of imidazole rings is 2. The molecule has 4 aromatic rings. The third-order valence-corrected chi connectivity index (χ3v) is 13.1. The Bertz CT molecular complexity index is 1070. The molecule has 0 saturated carbocycles. The minimum absolute atomic E-state index is 0.458. The van der Waals surface area contributed by atoms with E-state index in [1.54, 1.807) is 0 Å². The Kier molecular flexibility index (Phi) is 6.60. The van der Waals surface area contributed by atoms with Gasteiger partial charge in [0.2, 0.25) is 0 Å². The van der Waals surface area contributed by atoms with E-state index >= 15 is 0 Å². The van der Waals surface area contributed by atoms with Crippen LogP contribution in [0.1, 0.15) is 22.8 Å². The molecular weight excluding hydrogens is 502 g/mol. The Hall–Kier alpha value is -2.10. The molecule has 0 spiro atoms. The molecule has 2 heterocycles. The predicted molar refractivity (Wildman–Crippen MR) is 123 cm³/mol. The summed E-state index contributed by atoms with van der Waals surface area (Å²) in [5.41, 5.74) is 2.90. The summed E-state index contributed by atoms with van der Waals surface area (Å²) in [6.45, 7) is 6.25. The quantitative estimate of drug-likeness (QED) is 0.250. The van der Waals surface area contributed by atoms with E-state index in [9.17, 15) is 0 Å². The maximum absolute atomic E-state index is 2.34. The number of hydrogen-bond donors (Lipinski definition) is 0. The van der Waals surface area contributed by atoms with E-state index in [0.29, 0.717) is 26.3 Å². The zero-order valence-corrected chi connectivity index (χ0v) is 21.4. The fourth-order valence-electron chi connectivity index (χ4n) is 3.42. The van der Waals surface area contributed by atoms with Gasteiger partial charge in [-0.2, -0.15) is 0 Å². The first-order valence-corrected chi connectivity index (χ1v) is 16.1. The van der Waals surface area contributed by atoms with Gasteiger partial charge in [-0.3, -0.25) is 0 Å². The van der Waals surface area contributed by atoms with Crippen molar-refractivity contribution in [1.29, 1.82) is 0 Å². The third-order valence-electron chi connectivity index (χ3n) is 5.64. The van der Waals surface area contributed by atoms with Gasteiger partial charge < -0.3 is 0 Å². The van der Waals surface area contributed by atoms with Gasteiger partial charge in [0, 0.05) is 0 Å². The molecule has 0 fully saturated rings. The molecule has 0 radical (unpaired) electrons. The number of rotatable bonds is 7. The fourth-order valence-corrected chi connectivity index (χ4v) is 10.9. The van der Waals surface area contributed by atoms with Crippen molar-refractivity contribution < 1.29 is 9.13 Å². The van der Waals surface area contributed by atoms with E-state index in [2.05, 4.69) is 120 Å². The van der Waals surface area contributed by atoms with Crippen LogP contribution < -0.4 is 18.1 Å². The molecule has 2 aromatic carbocycles. The fraction of sp³-hybridized carbons (Fsp3) is 0.250. The molecule has 154 valence electrons. The third kappa shape index (κ3) is 4.63. The van der Waals surface area contributed by atoms with E-state index in [1.807, 2.05) is 0 Å². The van der Waals surface area contributed by atoms with E-state index in [4.69, 9.17) is 0 Å². The Morgan fingerprint density at radius 1 is 0.667 bits per heavy atom. The van der Waals surface area contributed by atoms with Crippen molar-refractivity contribution in [2.24, 2.45) is 14.1 Å². The molecule has 0 bridgehead atoms. The van der Waals surface area contributed by atoms with Crippen LogP contribution in [0.2, 0.25) is 0 Å². The first-order chi connectivity index (χ1) is 14.5. The number of aryl methyl sites for hydroxylation is 2. The summed E-state index contributed by atoms with van der Waals surface area (Å²) >= 11 is 0.915. The van der Waals surface area contributed by atoms with Crippen molar-refractivity contribution >= 4 is 35.2 Å². The average molecular weight is 530 g/mol. The van der Waals surface area contributed by atoms with Gasteiger partial charge in [-0.15, -0.1) is 0 Å². The zero-order chi connectivity index (χ0) is 21.1. The molecule has 0 unspecified atom stereocenters. The van der Waals surface area contributed by atoms with Crippen molar-refractivity contribution in [1.82, 2.24) is 9.13 Å². The van der Waals surface area contributed by atoms with Gasteiger partial charge in [-0.05, 0) is 0 Å². The summed E-state index contributed by atoms with van der Waals surface area (Å²) in [6, 6.07) is 18.0. The maximum atomic E-state index is 2.34. The summed E-state index contributed by atoms with van der Waals surface area (Å²) in [4.78, 5) is 0. The van der Waals surface area contributed by atoms with Crippen LogP contribution in [0.25, 0.3) is 0 Å². The monoisotopic (exact) mass is 532 g/mol. The van der Waals surface area contributed by atoms with E-state index in [1.165, 1.54) is 31.7 Å². The standard InChI is InChI=1S/C24H28N4Se2/c1-19-25(3)13-15-27(19)17-21-9-5-7-11-23(21)29-30-24-12-8-6-10-22(24)18-28-16-14-26(4)20(28)2/h5-16H,17-18H2,1-4H3/q+2. The molecule has 0 atom stereocenters. The molecule has 0 amide bonds. The average Bonchev–Trinajstić information content (AvgIpc) is 3.24. The molecule has 4 rings (SSSR count). The second-order valence-corrected chi connectivity index (χ2v) is 13.7. The number of aromatic nitrogens is 4. The van der Waals surface area contributed by atoms with Crippen LogP contribution in [0.5, 0.6) is 0 Å². The van der Waals surface area contributed by atoms with Crippen molar-refractivity contribution in [2.45, 2.75) is 26.9 Å². The molecule has 0 aliphatic heterocycles. The summed E-state index contributed by atoms with van der Waals surface area (Å²) in [5, 5.41) is 0. The molecule has 2 aromatic heterocycles. The second-order valence-electron chi connectivity index (χ2n) is 7.55. The van der Waals surface area contributed by atoms with Crippen LogP contribution in [0.3, 0.4) is 0 Å².